The van der Waals surface area contributed by atoms with Crippen molar-refractivity contribution in [3.63, 3.8) is 0 Å². The molecule has 1 N–H and O–H groups in total. The number of carbonyl (C=O) groups excluding carboxylic acids is 1. The highest BCUT2D eigenvalue weighted by Crippen LogP contribution is 2.34. The summed E-state index contributed by atoms with van der Waals surface area (Å²) >= 11 is 0. The molecule has 160 valence electrons. The summed E-state index contributed by atoms with van der Waals surface area (Å²) in [6.07, 6.45) is 10.9. The van der Waals surface area contributed by atoms with Gasteiger partial charge in [0, 0.05) is 36.5 Å². The Morgan fingerprint density at radius 2 is 1.90 bits per heavy atom. The van der Waals surface area contributed by atoms with E-state index in [1.165, 1.54) is 24.1 Å². The zero-order valence-corrected chi connectivity index (χ0v) is 17.3. The molecule has 1 aromatic rings. The second-order valence-corrected chi connectivity index (χ2v) is 8.16. The van der Waals surface area contributed by atoms with Crippen molar-refractivity contribution in [2.24, 2.45) is 5.92 Å². The molecule has 0 aromatic heterocycles. The van der Waals surface area contributed by atoms with Gasteiger partial charge in [-0.3, -0.25) is 4.79 Å². The van der Waals surface area contributed by atoms with Gasteiger partial charge in [-0.15, -0.1) is 0 Å². The molecule has 4 rings (SSSR count). The van der Waals surface area contributed by atoms with Gasteiger partial charge in [0.05, 0.1) is 6.61 Å². The van der Waals surface area contributed by atoms with E-state index in [1.807, 2.05) is 18.2 Å². The number of allylic oxidation sites excluding steroid dienone is 4. The molecule has 1 aromatic carbocycles. The Bertz CT molecular complexity index is 883. The van der Waals surface area contributed by atoms with Crippen LogP contribution >= 0.6 is 0 Å². The molecule has 1 saturated heterocycles. The number of piperidine rings is 1. The Kier molecular flexibility index (Phi) is 6.21. The summed E-state index contributed by atoms with van der Waals surface area (Å²) in [6, 6.07) is 2.81. The zero-order chi connectivity index (χ0) is 21.1. The Morgan fingerprint density at radius 3 is 2.50 bits per heavy atom. The first-order valence-corrected chi connectivity index (χ1v) is 10.8. The predicted molar refractivity (Wildman–Crippen MR) is 114 cm³/mol. The van der Waals surface area contributed by atoms with Crippen molar-refractivity contribution in [2.75, 3.05) is 24.6 Å². The lowest BCUT2D eigenvalue weighted by Gasteiger charge is -2.33. The van der Waals surface area contributed by atoms with E-state index in [0.29, 0.717) is 50.2 Å². The standard InChI is InChI=1S/C24H28F2N2O2/c1-2-30-23(29)13-16-9-11-28(12-10-16)24-19(25)14-18(15-20(24)26)22-8-4-7-21(27-22)17-5-3-6-17/h4,7-8,14-16,27H,2-3,5-6,9-13H2,1H3. The lowest BCUT2D eigenvalue weighted by atomic mass is 9.89. The van der Waals surface area contributed by atoms with E-state index in [-0.39, 0.29) is 17.6 Å². The number of carbonyl (C=O) groups is 1. The molecule has 1 aliphatic carbocycles. The topological polar surface area (TPSA) is 41.6 Å². The van der Waals surface area contributed by atoms with Gasteiger partial charge in [-0.2, -0.15) is 0 Å². The van der Waals surface area contributed by atoms with Gasteiger partial charge in [-0.1, -0.05) is 6.08 Å². The summed E-state index contributed by atoms with van der Waals surface area (Å²) in [7, 11) is 0. The maximum Gasteiger partial charge on any atom is 0.306 e. The molecule has 6 heteroatoms. The monoisotopic (exact) mass is 414 g/mol. The van der Waals surface area contributed by atoms with Crippen LogP contribution in [0.4, 0.5) is 14.5 Å². The quantitative estimate of drug-likeness (QED) is 0.683. The van der Waals surface area contributed by atoms with E-state index in [2.05, 4.69) is 5.32 Å². The third kappa shape index (κ3) is 4.42. The van der Waals surface area contributed by atoms with Crippen molar-refractivity contribution in [1.29, 1.82) is 0 Å². The summed E-state index contributed by atoms with van der Waals surface area (Å²) in [5, 5.41) is 3.32. The molecule has 1 saturated carbocycles. The van der Waals surface area contributed by atoms with Crippen LogP contribution in [0.1, 0.15) is 51.0 Å². The van der Waals surface area contributed by atoms with Gasteiger partial charge in [-0.25, -0.2) is 8.78 Å². The summed E-state index contributed by atoms with van der Waals surface area (Å²) in [5.41, 5.74) is 3.65. The van der Waals surface area contributed by atoms with Crippen LogP contribution in [-0.4, -0.2) is 25.7 Å². The third-order valence-electron chi connectivity index (χ3n) is 6.15. The van der Waals surface area contributed by atoms with E-state index in [4.69, 9.17) is 4.74 Å². The van der Waals surface area contributed by atoms with E-state index in [1.54, 1.807) is 11.8 Å². The van der Waals surface area contributed by atoms with Crippen LogP contribution in [0.15, 0.2) is 41.6 Å². The first-order chi connectivity index (χ1) is 14.5. The number of nitrogens with zero attached hydrogens (tertiary/aromatic N) is 1. The van der Waals surface area contributed by atoms with Crippen molar-refractivity contribution in [1.82, 2.24) is 5.32 Å². The van der Waals surface area contributed by atoms with E-state index in [0.717, 1.165) is 18.5 Å². The average Bonchev–Trinajstić information content (AvgIpc) is 2.68. The molecule has 2 heterocycles. The fourth-order valence-electron chi connectivity index (χ4n) is 4.31. The average molecular weight is 414 g/mol. The van der Waals surface area contributed by atoms with E-state index >= 15 is 0 Å². The SMILES string of the molecule is CCOC(=O)CC1CCN(c2c(F)cc(C3=CC=CC(=C4CCC4)N3)cc2F)CC1. The van der Waals surface area contributed by atoms with Crippen LogP contribution in [0.2, 0.25) is 0 Å². The minimum Gasteiger partial charge on any atom is -0.466 e. The highest BCUT2D eigenvalue weighted by atomic mass is 19.1. The first-order valence-electron chi connectivity index (χ1n) is 10.8. The number of dihydropyridines is 1. The Balaban J connectivity index is 1.44. The van der Waals surface area contributed by atoms with Crippen LogP contribution in [0, 0.1) is 17.6 Å². The zero-order valence-electron chi connectivity index (χ0n) is 17.3. The molecule has 0 spiro atoms. The Labute approximate surface area is 176 Å². The van der Waals surface area contributed by atoms with Gasteiger partial charge >= 0.3 is 5.97 Å². The molecule has 0 amide bonds. The van der Waals surface area contributed by atoms with Gasteiger partial charge in [0.25, 0.3) is 0 Å². The number of hydrogen-bond donors (Lipinski definition) is 1. The van der Waals surface area contributed by atoms with Crippen molar-refractivity contribution < 1.29 is 18.3 Å². The largest absolute Gasteiger partial charge is 0.466 e. The molecule has 4 nitrogen and oxygen atoms in total. The third-order valence-corrected chi connectivity index (χ3v) is 6.15. The fourth-order valence-corrected chi connectivity index (χ4v) is 4.31. The minimum absolute atomic E-state index is 0.0258. The normalized spacial score (nSPS) is 19.3. The second-order valence-electron chi connectivity index (χ2n) is 8.16. The van der Waals surface area contributed by atoms with Crippen molar-refractivity contribution in [3.05, 3.63) is 58.8 Å². The maximum atomic E-state index is 15.0. The number of nitrogens with one attached hydrogen (secondary N) is 1. The van der Waals surface area contributed by atoms with Gasteiger partial charge in [-0.05, 0) is 74.8 Å². The Morgan fingerprint density at radius 1 is 1.20 bits per heavy atom. The number of benzene rings is 1. The number of halogens is 2. The van der Waals surface area contributed by atoms with Gasteiger partial charge in [0.15, 0.2) is 0 Å². The molecule has 3 aliphatic rings. The van der Waals surface area contributed by atoms with Crippen molar-refractivity contribution in [3.8, 4) is 0 Å². The summed E-state index contributed by atoms with van der Waals surface area (Å²) in [4.78, 5) is 13.4. The highest BCUT2D eigenvalue weighted by Gasteiger charge is 2.26. The summed E-state index contributed by atoms with van der Waals surface area (Å²) in [5.74, 6) is -1.10. The number of esters is 1. The van der Waals surface area contributed by atoms with Crippen LogP contribution < -0.4 is 10.2 Å². The van der Waals surface area contributed by atoms with Crippen molar-refractivity contribution >= 4 is 17.4 Å². The molecule has 0 atom stereocenters. The van der Waals surface area contributed by atoms with Gasteiger partial charge in [0.1, 0.15) is 17.3 Å². The number of hydrogen-bond acceptors (Lipinski definition) is 4. The lowest BCUT2D eigenvalue weighted by Crippen LogP contribution is -2.35. The first kappa shape index (κ1) is 20.6. The number of ether oxygens (including phenoxy) is 1. The molecule has 0 unspecified atom stereocenters. The highest BCUT2D eigenvalue weighted by molar-refractivity contribution is 5.72. The minimum atomic E-state index is -0.552. The van der Waals surface area contributed by atoms with Gasteiger partial charge < -0.3 is 15.0 Å². The number of anilines is 1. The molecule has 2 aliphatic heterocycles. The lowest BCUT2D eigenvalue weighted by molar-refractivity contribution is -0.144. The van der Waals surface area contributed by atoms with E-state index in [9.17, 15) is 13.6 Å². The number of rotatable bonds is 5. The molecular weight excluding hydrogens is 386 g/mol. The van der Waals surface area contributed by atoms with Crippen LogP contribution in [0.5, 0.6) is 0 Å². The van der Waals surface area contributed by atoms with Crippen LogP contribution in [-0.2, 0) is 9.53 Å². The molecule has 0 radical (unpaired) electrons. The molecular formula is C24H28F2N2O2. The summed E-state index contributed by atoms with van der Waals surface area (Å²) < 4.78 is 34.9. The molecule has 30 heavy (non-hydrogen) atoms. The van der Waals surface area contributed by atoms with Crippen LogP contribution in [0.25, 0.3) is 5.70 Å². The van der Waals surface area contributed by atoms with Crippen LogP contribution in [0.3, 0.4) is 0 Å². The van der Waals surface area contributed by atoms with Crippen molar-refractivity contribution in [2.45, 2.75) is 45.4 Å². The molecule has 0 bridgehead atoms. The fraction of sp³-hybridized carbons (Fsp3) is 0.458. The Hall–Kier alpha value is -2.63. The second kappa shape index (κ2) is 9.02. The molecule has 2 fully saturated rings. The smallest absolute Gasteiger partial charge is 0.306 e. The maximum absolute atomic E-state index is 15.0. The van der Waals surface area contributed by atoms with Gasteiger partial charge in [0.2, 0.25) is 0 Å². The predicted octanol–water partition coefficient (Wildman–Crippen LogP) is 5.07. The van der Waals surface area contributed by atoms with E-state index < -0.39 is 11.6 Å². The summed E-state index contributed by atoms with van der Waals surface area (Å²) in [6.45, 7) is 3.21.